The normalized spacial score (nSPS) is 11.7. The standard InChI is InChI=1S/C31H22ClF3N4O5/c1-2-43-27-15-19(14-26(39(41)42)28(27)44-18-21-8-3-5-12-24(21)32)17-36-38-29(20-9-7-10-22(16-20)31(33,34)35)37-25-13-6-4-11-23(25)30(38)40/h3-17H,2,18H2,1H3. The van der Waals surface area contributed by atoms with Gasteiger partial charge in [0.15, 0.2) is 11.6 Å². The van der Waals surface area contributed by atoms with Crippen LogP contribution in [0.25, 0.3) is 22.3 Å². The molecular weight excluding hydrogens is 601 g/mol. The van der Waals surface area contributed by atoms with Gasteiger partial charge in [-0.3, -0.25) is 14.9 Å². The number of hydrogen-bond donors (Lipinski definition) is 0. The van der Waals surface area contributed by atoms with Crippen LogP contribution in [0.1, 0.15) is 23.6 Å². The third kappa shape index (κ3) is 6.40. The molecule has 44 heavy (non-hydrogen) atoms. The number of aromatic nitrogens is 2. The van der Waals surface area contributed by atoms with Crippen molar-refractivity contribution in [3.05, 3.63) is 127 Å². The minimum absolute atomic E-state index is 0.0101. The van der Waals surface area contributed by atoms with E-state index in [0.717, 1.165) is 23.0 Å². The van der Waals surface area contributed by atoms with Crippen LogP contribution in [0.5, 0.6) is 11.5 Å². The number of nitrogens with zero attached hydrogens (tertiary/aromatic N) is 4. The summed E-state index contributed by atoms with van der Waals surface area (Å²) in [4.78, 5) is 29.3. The molecule has 0 bridgehead atoms. The molecule has 1 heterocycles. The van der Waals surface area contributed by atoms with Gasteiger partial charge in [0.05, 0.1) is 34.2 Å². The van der Waals surface area contributed by atoms with E-state index in [1.165, 1.54) is 30.3 Å². The molecule has 0 saturated carbocycles. The Kier molecular flexibility index (Phi) is 8.63. The first-order chi connectivity index (χ1) is 21.1. The maximum absolute atomic E-state index is 13.5. The van der Waals surface area contributed by atoms with E-state index in [2.05, 4.69) is 10.1 Å². The zero-order chi connectivity index (χ0) is 31.4. The van der Waals surface area contributed by atoms with Crippen LogP contribution in [0.4, 0.5) is 18.9 Å². The van der Waals surface area contributed by atoms with E-state index >= 15 is 0 Å². The minimum Gasteiger partial charge on any atom is -0.490 e. The summed E-state index contributed by atoms with van der Waals surface area (Å²) in [5.41, 5.74) is -1.03. The summed E-state index contributed by atoms with van der Waals surface area (Å²) in [6.07, 6.45) is -3.48. The summed E-state index contributed by atoms with van der Waals surface area (Å²) in [5.74, 6) is -0.254. The highest BCUT2D eigenvalue weighted by Crippen LogP contribution is 2.39. The van der Waals surface area contributed by atoms with Gasteiger partial charge in [0.2, 0.25) is 5.75 Å². The zero-order valence-corrected chi connectivity index (χ0v) is 23.7. The molecule has 5 aromatic rings. The highest BCUT2D eigenvalue weighted by atomic mass is 35.5. The Labute approximate surface area is 252 Å². The number of benzene rings is 4. The Morgan fingerprint density at radius 1 is 1.02 bits per heavy atom. The lowest BCUT2D eigenvalue weighted by Gasteiger charge is -2.14. The van der Waals surface area contributed by atoms with Gasteiger partial charge in [-0.15, -0.1) is 0 Å². The average Bonchev–Trinajstić information content (AvgIpc) is 3.00. The van der Waals surface area contributed by atoms with E-state index in [1.807, 2.05) is 0 Å². The van der Waals surface area contributed by atoms with Gasteiger partial charge in [-0.05, 0) is 43.3 Å². The predicted octanol–water partition coefficient (Wildman–Crippen LogP) is 7.50. The summed E-state index contributed by atoms with van der Waals surface area (Å²) in [7, 11) is 0. The minimum atomic E-state index is -4.63. The van der Waals surface area contributed by atoms with E-state index < -0.39 is 27.9 Å². The molecule has 1 aromatic heterocycles. The monoisotopic (exact) mass is 622 g/mol. The maximum atomic E-state index is 13.5. The Morgan fingerprint density at radius 3 is 2.50 bits per heavy atom. The Balaban J connectivity index is 1.62. The first kappa shape index (κ1) is 30.2. The fourth-order valence-electron chi connectivity index (χ4n) is 4.37. The molecule has 13 heteroatoms. The number of ether oxygens (including phenoxy) is 2. The summed E-state index contributed by atoms with van der Waals surface area (Å²) in [6.45, 7) is 1.76. The lowest BCUT2D eigenvalue weighted by Crippen LogP contribution is -2.20. The van der Waals surface area contributed by atoms with Crippen molar-refractivity contribution in [1.29, 1.82) is 0 Å². The summed E-state index contributed by atoms with van der Waals surface area (Å²) >= 11 is 6.20. The van der Waals surface area contributed by atoms with Gasteiger partial charge < -0.3 is 9.47 Å². The van der Waals surface area contributed by atoms with Crippen molar-refractivity contribution in [2.24, 2.45) is 5.10 Å². The van der Waals surface area contributed by atoms with Crippen molar-refractivity contribution >= 4 is 34.4 Å². The summed E-state index contributed by atoms with van der Waals surface area (Å²) < 4.78 is 52.8. The second-order valence-electron chi connectivity index (χ2n) is 9.33. The molecular formula is C31H22ClF3N4O5. The van der Waals surface area contributed by atoms with Crippen molar-refractivity contribution in [2.45, 2.75) is 19.7 Å². The fourth-order valence-corrected chi connectivity index (χ4v) is 4.56. The number of rotatable bonds is 9. The number of para-hydroxylation sites is 1. The van der Waals surface area contributed by atoms with Crippen molar-refractivity contribution in [3.63, 3.8) is 0 Å². The molecule has 0 radical (unpaired) electrons. The molecule has 0 saturated heterocycles. The van der Waals surface area contributed by atoms with Gasteiger partial charge in [0.25, 0.3) is 5.56 Å². The van der Waals surface area contributed by atoms with Crippen molar-refractivity contribution in [1.82, 2.24) is 9.66 Å². The van der Waals surface area contributed by atoms with Gasteiger partial charge in [-0.2, -0.15) is 22.9 Å². The lowest BCUT2D eigenvalue weighted by atomic mass is 10.1. The van der Waals surface area contributed by atoms with Crippen molar-refractivity contribution in [3.8, 4) is 22.9 Å². The molecule has 9 nitrogen and oxygen atoms in total. The second kappa shape index (κ2) is 12.6. The molecule has 0 aliphatic rings. The third-order valence-electron chi connectivity index (χ3n) is 6.41. The van der Waals surface area contributed by atoms with E-state index in [1.54, 1.807) is 49.4 Å². The number of fused-ring (bicyclic) bond motifs is 1. The van der Waals surface area contributed by atoms with Crippen LogP contribution >= 0.6 is 11.6 Å². The molecule has 0 atom stereocenters. The molecule has 224 valence electrons. The second-order valence-corrected chi connectivity index (χ2v) is 9.74. The molecule has 0 spiro atoms. The topological polar surface area (TPSA) is 109 Å². The van der Waals surface area contributed by atoms with E-state index in [0.29, 0.717) is 10.6 Å². The van der Waals surface area contributed by atoms with Gasteiger partial charge in [0.1, 0.15) is 6.61 Å². The maximum Gasteiger partial charge on any atom is 0.416 e. The quantitative estimate of drug-likeness (QED) is 0.0956. The van der Waals surface area contributed by atoms with Crippen molar-refractivity contribution < 1.29 is 27.6 Å². The highest BCUT2D eigenvalue weighted by molar-refractivity contribution is 6.31. The van der Waals surface area contributed by atoms with Crippen LogP contribution < -0.4 is 15.0 Å². The molecule has 5 rings (SSSR count). The number of hydrogen-bond acceptors (Lipinski definition) is 7. The van der Waals surface area contributed by atoms with Gasteiger partial charge >= 0.3 is 11.9 Å². The first-order valence-electron chi connectivity index (χ1n) is 13.1. The van der Waals surface area contributed by atoms with E-state index in [-0.39, 0.29) is 52.6 Å². The molecule has 0 aliphatic carbocycles. The van der Waals surface area contributed by atoms with Crippen LogP contribution in [0, 0.1) is 10.1 Å². The number of alkyl halides is 3. The summed E-state index contributed by atoms with van der Waals surface area (Å²) in [5, 5.41) is 16.9. The van der Waals surface area contributed by atoms with Crippen molar-refractivity contribution in [2.75, 3.05) is 6.61 Å². The SMILES string of the molecule is CCOc1cc(C=Nn2c(-c3cccc(C(F)(F)F)c3)nc3ccccc3c2=O)cc([N+](=O)[O-])c1OCc1ccccc1Cl. The van der Waals surface area contributed by atoms with E-state index in [9.17, 15) is 28.1 Å². The summed E-state index contributed by atoms with van der Waals surface area (Å²) in [6, 6.07) is 20.1. The van der Waals surface area contributed by atoms with E-state index in [4.69, 9.17) is 21.1 Å². The van der Waals surface area contributed by atoms with Gasteiger partial charge in [0, 0.05) is 27.8 Å². The van der Waals surface area contributed by atoms with Crippen LogP contribution in [0.3, 0.4) is 0 Å². The van der Waals surface area contributed by atoms with Crippen LogP contribution in [-0.2, 0) is 12.8 Å². The highest BCUT2D eigenvalue weighted by Gasteiger charge is 2.31. The Morgan fingerprint density at radius 2 is 1.77 bits per heavy atom. The van der Waals surface area contributed by atoms with Crippen LogP contribution in [0.15, 0.2) is 94.8 Å². The van der Waals surface area contributed by atoms with Gasteiger partial charge in [-0.1, -0.05) is 54.1 Å². The molecule has 0 fully saturated rings. The molecule has 0 amide bonds. The number of nitro benzene ring substituents is 1. The number of halogens is 4. The Hall–Kier alpha value is -5.23. The largest absolute Gasteiger partial charge is 0.490 e. The molecule has 4 aromatic carbocycles. The average molecular weight is 623 g/mol. The molecule has 0 N–H and O–H groups in total. The molecule has 0 aliphatic heterocycles. The van der Waals surface area contributed by atoms with Gasteiger partial charge in [-0.25, -0.2) is 4.98 Å². The predicted molar refractivity (Wildman–Crippen MR) is 159 cm³/mol. The van der Waals surface area contributed by atoms with Crippen LogP contribution in [-0.4, -0.2) is 27.4 Å². The smallest absolute Gasteiger partial charge is 0.416 e. The van der Waals surface area contributed by atoms with Crippen LogP contribution in [0.2, 0.25) is 5.02 Å². The number of nitro groups is 1. The Bertz CT molecular complexity index is 1960. The molecule has 0 unspecified atom stereocenters. The third-order valence-corrected chi connectivity index (χ3v) is 6.78. The zero-order valence-electron chi connectivity index (χ0n) is 22.9. The lowest BCUT2D eigenvalue weighted by molar-refractivity contribution is -0.386. The first-order valence-corrected chi connectivity index (χ1v) is 13.5. The fraction of sp³-hybridized carbons (Fsp3) is 0.129.